The van der Waals surface area contributed by atoms with Crippen molar-refractivity contribution in [3.63, 3.8) is 0 Å². The van der Waals surface area contributed by atoms with E-state index < -0.39 is 0 Å². The van der Waals surface area contributed by atoms with E-state index in [0.717, 1.165) is 10.7 Å². The molecule has 0 unspecified atom stereocenters. The van der Waals surface area contributed by atoms with E-state index in [4.69, 9.17) is 0 Å². The summed E-state index contributed by atoms with van der Waals surface area (Å²) < 4.78 is 0. The smallest absolute Gasteiger partial charge is 0.296 e. The average Bonchev–Trinajstić information content (AvgIpc) is 2.49. The van der Waals surface area contributed by atoms with Gasteiger partial charge in [-0.15, -0.1) is 11.3 Å². The molecule has 0 aromatic carbocycles. The van der Waals surface area contributed by atoms with Crippen LogP contribution >= 0.6 is 11.3 Å². The number of hydrogen-bond acceptors (Lipinski definition) is 3. The van der Waals surface area contributed by atoms with E-state index in [1.807, 2.05) is 12.3 Å². The number of hydrogen-bond donors (Lipinski definition) is 1. The molecule has 0 saturated carbocycles. The molecule has 1 aromatic heterocycles. The molecule has 4 heteroatoms. The highest BCUT2D eigenvalue weighted by Crippen LogP contribution is 2.07. The molecule has 1 amide bonds. The number of carbonyl (C=O) groups is 1. The highest BCUT2D eigenvalue weighted by Gasteiger charge is 1.99. The number of carbonyl (C=O) groups excluding carboxylic acids is 1. The minimum atomic E-state index is -0.254. The van der Waals surface area contributed by atoms with Gasteiger partial charge in [0.1, 0.15) is 5.01 Å². The minimum absolute atomic E-state index is 0.254. The topological polar surface area (TPSA) is 42.0 Å². The number of aromatic nitrogens is 1. The van der Waals surface area contributed by atoms with Gasteiger partial charge in [0.15, 0.2) is 0 Å². The molecule has 0 radical (unpaired) electrons. The number of amides is 1. The highest BCUT2D eigenvalue weighted by molar-refractivity contribution is 7.09. The van der Waals surface area contributed by atoms with Crippen molar-refractivity contribution in [3.05, 3.63) is 16.1 Å². The van der Waals surface area contributed by atoms with Gasteiger partial charge in [-0.25, -0.2) is 4.98 Å². The van der Waals surface area contributed by atoms with Crippen molar-refractivity contribution in [3.8, 4) is 11.8 Å². The van der Waals surface area contributed by atoms with Crippen LogP contribution in [0.3, 0.4) is 0 Å². The minimum Gasteiger partial charge on any atom is -0.339 e. The quantitative estimate of drug-likeness (QED) is 0.716. The monoisotopic (exact) mass is 194 g/mol. The van der Waals surface area contributed by atoms with E-state index in [9.17, 15) is 4.79 Å². The van der Waals surface area contributed by atoms with Gasteiger partial charge in [0.05, 0.1) is 6.54 Å². The molecule has 0 saturated heterocycles. The third-order valence-electron chi connectivity index (χ3n) is 1.31. The van der Waals surface area contributed by atoms with Crippen molar-refractivity contribution in [1.82, 2.24) is 10.3 Å². The maximum absolute atomic E-state index is 10.9. The molecular formula is C9H10N2OS. The maximum atomic E-state index is 10.9. The molecule has 0 aliphatic rings. The van der Waals surface area contributed by atoms with Crippen LogP contribution in [0.1, 0.15) is 17.6 Å². The van der Waals surface area contributed by atoms with Gasteiger partial charge >= 0.3 is 0 Å². The molecule has 0 aliphatic carbocycles. The van der Waals surface area contributed by atoms with Gasteiger partial charge in [0.2, 0.25) is 0 Å². The van der Waals surface area contributed by atoms with Crippen molar-refractivity contribution < 1.29 is 4.79 Å². The van der Waals surface area contributed by atoms with Crippen LogP contribution in [0.4, 0.5) is 0 Å². The van der Waals surface area contributed by atoms with Gasteiger partial charge in [-0.1, -0.05) is 5.92 Å². The van der Waals surface area contributed by atoms with Crippen molar-refractivity contribution in [1.29, 1.82) is 0 Å². The summed E-state index contributed by atoms with van der Waals surface area (Å²) in [6, 6.07) is 0. The SMILES string of the molecule is CC#CC(=O)NCc1nc(C)cs1. The lowest BCUT2D eigenvalue weighted by atomic mass is 10.5. The number of rotatable bonds is 2. The van der Waals surface area contributed by atoms with E-state index >= 15 is 0 Å². The molecule has 13 heavy (non-hydrogen) atoms. The Morgan fingerprint density at radius 1 is 1.77 bits per heavy atom. The summed E-state index contributed by atoms with van der Waals surface area (Å²) in [5.74, 6) is 4.67. The highest BCUT2D eigenvalue weighted by atomic mass is 32.1. The molecule has 3 nitrogen and oxygen atoms in total. The van der Waals surface area contributed by atoms with Gasteiger partial charge in [-0.3, -0.25) is 4.79 Å². The van der Waals surface area contributed by atoms with E-state index in [0.29, 0.717) is 6.54 Å². The summed E-state index contributed by atoms with van der Waals surface area (Å²) in [4.78, 5) is 15.1. The summed E-state index contributed by atoms with van der Waals surface area (Å²) in [5, 5.41) is 5.51. The Morgan fingerprint density at radius 2 is 2.54 bits per heavy atom. The molecule has 1 rings (SSSR count). The molecule has 1 heterocycles. The molecule has 0 spiro atoms. The summed E-state index contributed by atoms with van der Waals surface area (Å²) in [6.07, 6.45) is 0. The van der Waals surface area contributed by atoms with Crippen LogP contribution in [-0.2, 0) is 11.3 Å². The molecule has 0 bridgehead atoms. The van der Waals surface area contributed by atoms with Crippen molar-refractivity contribution >= 4 is 17.2 Å². The number of nitrogens with zero attached hydrogens (tertiary/aromatic N) is 1. The van der Waals surface area contributed by atoms with Crippen LogP contribution in [0.5, 0.6) is 0 Å². The molecule has 1 aromatic rings. The normalized spacial score (nSPS) is 8.77. The summed E-state index contributed by atoms with van der Waals surface area (Å²) in [7, 11) is 0. The summed E-state index contributed by atoms with van der Waals surface area (Å²) in [6.45, 7) is 4.02. The van der Waals surface area contributed by atoms with Gasteiger partial charge in [-0.2, -0.15) is 0 Å². The zero-order valence-electron chi connectivity index (χ0n) is 7.55. The molecule has 68 valence electrons. The van der Waals surface area contributed by atoms with Crippen LogP contribution in [0, 0.1) is 18.8 Å². The first kappa shape index (κ1) is 9.75. The largest absolute Gasteiger partial charge is 0.339 e. The summed E-state index contributed by atoms with van der Waals surface area (Å²) >= 11 is 1.54. The fraction of sp³-hybridized carbons (Fsp3) is 0.333. The first-order chi connectivity index (χ1) is 6.22. The van der Waals surface area contributed by atoms with Crippen LogP contribution in [0.2, 0.25) is 0 Å². The van der Waals surface area contributed by atoms with E-state index in [2.05, 4.69) is 22.1 Å². The standard InChI is InChI=1S/C9H10N2OS/c1-3-4-8(12)10-5-9-11-7(2)6-13-9/h6H,5H2,1-2H3,(H,10,12). The lowest BCUT2D eigenvalue weighted by molar-refractivity contribution is -0.115. The Kier molecular flexibility index (Phi) is 3.47. The Morgan fingerprint density at radius 3 is 3.08 bits per heavy atom. The molecule has 0 atom stereocenters. The van der Waals surface area contributed by atoms with E-state index in [1.54, 1.807) is 6.92 Å². The van der Waals surface area contributed by atoms with Gasteiger partial charge in [-0.05, 0) is 19.8 Å². The fourth-order valence-electron chi connectivity index (χ4n) is 0.798. The fourth-order valence-corrected chi connectivity index (χ4v) is 1.51. The zero-order valence-corrected chi connectivity index (χ0v) is 8.36. The maximum Gasteiger partial charge on any atom is 0.296 e. The number of nitrogens with one attached hydrogen (secondary N) is 1. The van der Waals surface area contributed by atoms with Crippen LogP contribution in [0.25, 0.3) is 0 Å². The van der Waals surface area contributed by atoms with Crippen LogP contribution in [-0.4, -0.2) is 10.9 Å². The van der Waals surface area contributed by atoms with Crippen molar-refractivity contribution in [2.75, 3.05) is 0 Å². The third-order valence-corrected chi connectivity index (χ3v) is 2.27. The summed E-state index contributed by atoms with van der Waals surface area (Å²) in [5.41, 5.74) is 0.982. The van der Waals surface area contributed by atoms with E-state index in [1.165, 1.54) is 11.3 Å². The third kappa shape index (κ3) is 3.26. The Labute approximate surface area is 81.2 Å². The second kappa shape index (κ2) is 4.63. The average molecular weight is 194 g/mol. The Hall–Kier alpha value is -1.34. The predicted octanol–water partition coefficient (Wildman–Crippen LogP) is 1.09. The second-order valence-electron chi connectivity index (χ2n) is 2.44. The lowest BCUT2D eigenvalue weighted by Crippen LogP contribution is -2.20. The first-order valence-electron chi connectivity index (χ1n) is 3.84. The van der Waals surface area contributed by atoms with Crippen molar-refractivity contribution in [2.45, 2.75) is 20.4 Å². The molecule has 0 fully saturated rings. The van der Waals surface area contributed by atoms with Gasteiger partial charge < -0.3 is 5.32 Å². The second-order valence-corrected chi connectivity index (χ2v) is 3.38. The van der Waals surface area contributed by atoms with Crippen molar-refractivity contribution in [2.24, 2.45) is 0 Å². The molecule has 1 N–H and O–H groups in total. The first-order valence-corrected chi connectivity index (χ1v) is 4.72. The zero-order chi connectivity index (χ0) is 9.68. The van der Waals surface area contributed by atoms with Crippen LogP contribution < -0.4 is 5.32 Å². The Balaban J connectivity index is 2.42. The van der Waals surface area contributed by atoms with Gasteiger partial charge in [0.25, 0.3) is 5.91 Å². The molecular weight excluding hydrogens is 184 g/mol. The van der Waals surface area contributed by atoms with Crippen LogP contribution in [0.15, 0.2) is 5.38 Å². The Bertz CT molecular complexity index is 359. The number of aryl methyl sites for hydroxylation is 1. The van der Waals surface area contributed by atoms with E-state index in [-0.39, 0.29) is 5.91 Å². The molecule has 0 aliphatic heterocycles. The lowest BCUT2D eigenvalue weighted by Gasteiger charge is -1.95. The van der Waals surface area contributed by atoms with Gasteiger partial charge in [0, 0.05) is 11.1 Å². The predicted molar refractivity (Wildman–Crippen MR) is 52.1 cm³/mol. The number of thiazole rings is 1.